The SMILES string of the molecule is O=C1C=C/C(=N/c2cccc3c(/N=C4/C=CC(=O)O4)cccc23)O1. The van der Waals surface area contributed by atoms with Crippen LogP contribution in [-0.4, -0.2) is 23.7 Å². The van der Waals surface area contributed by atoms with Crippen molar-refractivity contribution in [3.8, 4) is 0 Å². The number of hydrogen-bond acceptors (Lipinski definition) is 6. The average Bonchev–Trinajstić information content (AvgIpc) is 3.17. The van der Waals surface area contributed by atoms with Crippen molar-refractivity contribution in [2.45, 2.75) is 0 Å². The van der Waals surface area contributed by atoms with Crippen molar-refractivity contribution in [2.24, 2.45) is 9.98 Å². The Hall–Kier alpha value is -3.54. The van der Waals surface area contributed by atoms with Crippen LogP contribution in [0.4, 0.5) is 11.4 Å². The van der Waals surface area contributed by atoms with Gasteiger partial charge in [-0.1, -0.05) is 24.3 Å². The Balaban J connectivity index is 1.80. The molecule has 0 saturated heterocycles. The summed E-state index contributed by atoms with van der Waals surface area (Å²) < 4.78 is 9.94. The van der Waals surface area contributed by atoms with Crippen LogP contribution in [0, 0.1) is 0 Å². The molecule has 0 saturated carbocycles. The normalized spacial score (nSPS) is 19.5. The second-order valence-electron chi connectivity index (χ2n) is 5.06. The third-order valence-corrected chi connectivity index (χ3v) is 3.47. The molecule has 2 aliphatic rings. The second-order valence-corrected chi connectivity index (χ2v) is 5.06. The number of benzene rings is 2. The molecule has 0 radical (unpaired) electrons. The van der Waals surface area contributed by atoms with E-state index in [0.29, 0.717) is 11.4 Å². The molecule has 0 N–H and O–H groups in total. The lowest BCUT2D eigenvalue weighted by Crippen LogP contribution is -1.98. The van der Waals surface area contributed by atoms with Gasteiger partial charge in [-0.3, -0.25) is 0 Å². The molecule has 2 aromatic carbocycles. The predicted octanol–water partition coefficient (Wildman–Crippen LogP) is 3.13. The van der Waals surface area contributed by atoms with Gasteiger partial charge < -0.3 is 9.47 Å². The van der Waals surface area contributed by atoms with Crippen molar-refractivity contribution in [2.75, 3.05) is 0 Å². The zero-order valence-corrected chi connectivity index (χ0v) is 12.3. The van der Waals surface area contributed by atoms with Crippen molar-refractivity contribution in [3.63, 3.8) is 0 Å². The lowest BCUT2D eigenvalue weighted by molar-refractivity contribution is -0.130. The molecule has 2 heterocycles. The van der Waals surface area contributed by atoms with Gasteiger partial charge in [-0.25, -0.2) is 19.6 Å². The Morgan fingerprint density at radius 2 is 1.08 bits per heavy atom. The van der Waals surface area contributed by atoms with Gasteiger partial charge in [0.25, 0.3) is 0 Å². The Morgan fingerprint density at radius 1 is 0.625 bits per heavy atom. The minimum atomic E-state index is -0.434. The van der Waals surface area contributed by atoms with Crippen LogP contribution in [0.5, 0.6) is 0 Å². The zero-order chi connectivity index (χ0) is 16.5. The van der Waals surface area contributed by atoms with Crippen LogP contribution in [0.15, 0.2) is 70.7 Å². The van der Waals surface area contributed by atoms with Gasteiger partial charge in [-0.05, 0) is 12.1 Å². The lowest BCUT2D eigenvalue weighted by atomic mass is 10.1. The van der Waals surface area contributed by atoms with Crippen molar-refractivity contribution in [3.05, 3.63) is 60.7 Å². The summed E-state index contributed by atoms with van der Waals surface area (Å²) in [6, 6.07) is 11.1. The van der Waals surface area contributed by atoms with Crippen molar-refractivity contribution in [1.29, 1.82) is 0 Å². The molecule has 4 rings (SSSR count). The molecule has 0 amide bonds. The van der Waals surface area contributed by atoms with Gasteiger partial charge in [-0.15, -0.1) is 0 Å². The Labute approximate surface area is 136 Å². The topological polar surface area (TPSA) is 77.3 Å². The van der Waals surface area contributed by atoms with Crippen molar-refractivity contribution < 1.29 is 19.1 Å². The molecule has 0 aromatic heterocycles. The van der Waals surface area contributed by atoms with Crippen LogP contribution >= 0.6 is 0 Å². The van der Waals surface area contributed by atoms with E-state index in [1.807, 2.05) is 36.4 Å². The van der Waals surface area contributed by atoms with Gasteiger partial charge in [0.1, 0.15) is 0 Å². The summed E-state index contributed by atoms with van der Waals surface area (Å²) in [6.45, 7) is 0. The minimum Gasteiger partial charge on any atom is -0.404 e. The number of ether oxygens (including phenoxy) is 2. The summed E-state index contributed by atoms with van der Waals surface area (Å²) in [6.07, 6.45) is 5.69. The van der Waals surface area contributed by atoms with Crippen LogP contribution < -0.4 is 0 Å². The maximum atomic E-state index is 11.1. The van der Waals surface area contributed by atoms with Crippen molar-refractivity contribution in [1.82, 2.24) is 0 Å². The van der Waals surface area contributed by atoms with E-state index in [1.54, 1.807) is 0 Å². The van der Waals surface area contributed by atoms with Gasteiger partial charge in [0, 0.05) is 35.1 Å². The van der Waals surface area contributed by atoms with E-state index < -0.39 is 11.9 Å². The van der Waals surface area contributed by atoms with E-state index in [-0.39, 0.29) is 11.8 Å². The van der Waals surface area contributed by atoms with Crippen LogP contribution in [0.25, 0.3) is 10.8 Å². The predicted molar refractivity (Wildman–Crippen MR) is 88.6 cm³/mol. The second kappa shape index (κ2) is 5.58. The van der Waals surface area contributed by atoms with Crippen LogP contribution in [0.1, 0.15) is 0 Å². The molecule has 0 bridgehead atoms. The highest BCUT2D eigenvalue weighted by Crippen LogP contribution is 2.33. The van der Waals surface area contributed by atoms with E-state index in [1.165, 1.54) is 24.3 Å². The molecule has 2 aliphatic heterocycles. The van der Waals surface area contributed by atoms with E-state index >= 15 is 0 Å². The molecule has 0 aliphatic carbocycles. The lowest BCUT2D eigenvalue weighted by Gasteiger charge is -2.06. The summed E-state index contributed by atoms with van der Waals surface area (Å²) in [5.41, 5.74) is 1.31. The number of hydrogen-bond donors (Lipinski definition) is 0. The van der Waals surface area contributed by atoms with E-state index in [4.69, 9.17) is 9.47 Å². The van der Waals surface area contributed by atoms with Gasteiger partial charge in [-0.2, -0.15) is 0 Å². The molecule has 116 valence electrons. The van der Waals surface area contributed by atoms with E-state index in [2.05, 4.69) is 9.98 Å². The first-order valence-corrected chi connectivity index (χ1v) is 7.18. The smallest absolute Gasteiger partial charge is 0.337 e. The molecule has 24 heavy (non-hydrogen) atoms. The first-order valence-electron chi connectivity index (χ1n) is 7.18. The number of aliphatic imine (C=N–C) groups is 2. The third kappa shape index (κ3) is 2.61. The van der Waals surface area contributed by atoms with Crippen LogP contribution in [0.3, 0.4) is 0 Å². The zero-order valence-electron chi connectivity index (χ0n) is 12.3. The quantitative estimate of drug-likeness (QED) is 0.797. The van der Waals surface area contributed by atoms with E-state index in [0.717, 1.165) is 10.8 Å². The summed E-state index contributed by atoms with van der Waals surface area (Å²) in [7, 11) is 0. The van der Waals surface area contributed by atoms with Crippen LogP contribution in [-0.2, 0) is 19.1 Å². The van der Waals surface area contributed by atoms with Gasteiger partial charge >= 0.3 is 11.9 Å². The highest BCUT2D eigenvalue weighted by Gasteiger charge is 2.14. The molecule has 6 nitrogen and oxygen atoms in total. The van der Waals surface area contributed by atoms with Gasteiger partial charge in [0.15, 0.2) is 0 Å². The fraction of sp³-hybridized carbons (Fsp3) is 0. The number of nitrogens with zero attached hydrogens (tertiary/aromatic N) is 2. The maximum absolute atomic E-state index is 11.1. The number of esters is 2. The highest BCUT2D eigenvalue weighted by atomic mass is 16.5. The fourth-order valence-electron chi connectivity index (χ4n) is 2.45. The first kappa shape index (κ1) is 14.1. The monoisotopic (exact) mass is 318 g/mol. The summed E-state index contributed by atoms with van der Waals surface area (Å²) in [4.78, 5) is 31.0. The summed E-state index contributed by atoms with van der Waals surface area (Å²) >= 11 is 0. The molecule has 2 aromatic rings. The molecule has 0 spiro atoms. The Kier molecular flexibility index (Phi) is 3.28. The Morgan fingerprint density at radius 3 is 1.46 bits per heavy atom. The van der Waals surface area contributed by atoms with Crippen LogP contribution in [0.2, 0.25) is 0 Å². The number of carbonyl (C=O) groups is 2. The number of fused-ring (bicyclic) bond motifs is 1. The first-order chi connectivity index (χ1) is 11.7. The number of rotatable bonds is 2. The van der Waals surface area contributed by atoms with E-state index in [9.17, 15) is 9.59 Å². The molecule has 0 unspecified atom stereocenters. The fourth-order valence-corrected chi connectivity index (χ4v) is 2.45. The standard InChI is InChI=1S/C18H10N2O4/c21-17-9-7-15(23-17)19-13-5-1-3-11-12(13)4-2-6-14(11)20-16-8-10-18(22)24-16/h1-10H/b19-15-,20-16-. The molecule has 6 heteroatoms. The minimum absolute atomic E-state index is 0.247. The average molecular weight is 318 g/mol. The largest absolute Gasteiger partial charge is 0.404 e. The molecular weight excluding hydrogens is 308 g/mol. The number of carbonyl (C=O) groups excluding carboxylic acids is 2. The van der Waals surface area contributed by atoms with Gasteiger partial charge in [0.2, 0.25) is 11.8 Å². The highest BCUT2D eigenvalue weighted by molar-refractivity contribution is 6.11. The summed E-state index contributed by atoms with van der Waals surface area (Å²) in [5.74, 6) is -0.374. The molecular formula is C18H10N2O4. The molecule has 0 atom stereocenters. The molecule has 0 fully saturated rings. The number of cyclic esters (lactones) is 2. The third-order valence-electron chi connectivity index (χ3n) is 3.47. The van der Waals surface area contributed by atoms with Crippen molar-refractivity contribution >= 4 is 45.9 Å². The maximum Gasteiger partial charge on any atom is 0.337 e. The Bertz CT molecular complexity index is 918. The summed E-state index contributed by atoms with van der Waals surface area (Å²) in [5, 5.41) is 1.69. The van der Waals surface area contributed by atoms with Gasteiger partial charge in [0.05, 0.1) is 11.4 Å².